The molecule has 0 aromatic carbocycles. The van der Waals surface area contributed by atoms with Gasteiger partial charge < -0.3 is 14.5 Å². The maximum Gasteiger partial charge on any atom is 0.228 e. The summed E-state index contributed by atoms with van der Waals surface area (Å²) in [6.45, 7) is 3.59. The average molecular weight is 271 g/mol. The van der Waals surface area contributed by atoms with E-state index in [4.69, 9.17) is 4.74 Å². The highest BCUT2D eigenvalue weighted by Gasteiger charge is 2.19. The van der Waals surface area contributed by atoms with Crippen molar-refractivity contribution in [2.75, 3.05) is 43.1 Å². The standard InChI is InChI=1S/C14H17N5O/c1-20-13-5-7-16-14(17-13)19-10-8-18(9-11-19)12-4-2-3-6-15-12/h2-7H,8-11H2,1H3. The van der Waals surface area contributed by atoms with Crippen LogP contribution in [0.3, 0.4) is 0 Å². The smallest absolute Gasteiger partial charge is 0.228 e. The number of anilines is 2. The van der Waals surface area contributed by atoms with E-state index in [0.717, 1.165) is 37.9 Å². The largest absolute Gasteiger partial charge is 0.481 e. The summed E-state index contributed by atoms with van der Waals surface area (Å²) >= 11 is 0. The van der Waals surface area contributed by atoms with Crippen molar-refractivity contribution in [1.29, 1.82) is 0 Å². The molecule has 0 atom stereocenters. The lowest BCUT2D eigenvalue weighted by atomic mass is 10.3. The van der Waals surface area contributed by atoms with E-state index in [9.17, 15) is 0 Å². The summed E-state index contributed by atoms with van der Waals surface area (Å²) in [5, 5.41) is 0. The molecule has 2 aromatic rings. The van der Waals surface area contributed by atoms with Gasteiger partial charge in [0, 0.05) is 44.6 Å². The van der Waals surface area contributed by atoms with Gasteiger partial charge in [0.1, 0.15) is 5.82 Å². The second-order valence-corrected chi connectivity index (χ2v) is 4.56. The quantitative estimate of drug-likeness (QED) is 0.836. The van der Waals surface area contributed by atoms with Crippen LogP contribution in [0.25, 0.3) is 0 Å². The predicted octanol–water partition coefficient (Wildman–Crippen LogP) is 1.21. The molecule has 6 nitrogen and oxygen atoms in total. The molecule has 0 unspecified atom stereocenters. The van der Waals surface area contributed by atoms with Crippen molar-refractivity contribution in [2.45, 2.75) is 0 Å². The molecule has 3 rings (SSSR count). The summed E-state index contributed by atoms with van der Waals surface area (Å²) in [5.41, 5.74) is 0. The topological polar surface area (TPSA) is 54.4 Å². The van der Waals surface area contributed by atoms with Crippen LogP contribution >= 0.6 is 0 Å². The van der Waals surface area contributed by atoms with E-state index in [1.165, 1.54) is 0 Å². The van der Waals surface area contributed by atoms with Crippen molar-refractivity contribution < 1.29 is 4.74 Å². The molecule has 2 aromatic heterocycles. The fourth-order valence-electron chi connectivity index (χ4n) is 2.27. The van der Waals surface area contributed by atoms with E-state index in [1.807, 2.05) is 24.4 Å². The van der Waals surface area contributed by atoms with E-state index >= 15 is 0 Å². The Morgan fingerprint density at radius 3 is 2.45 bits per heavy atom. The summed E-state index contributed by atoms with van der Waals surface area (Å²) in [5.74, 6) is 2.35. The van der Waals surface area contributed by atoms with Gasteiger partial charge in [0.2, 0.25) is 11.8 Å². The van der Waals surface area contributed by atoms with Gasteiger partial charge in [0.25, 0.3) is 0 Å². The first-order valence-electron chi connectivity index (χ1n) is 6.65. The molecule has 3 heterocycles. The molecule has 20 heavy (non-hydrogen) atoms. The molecule has 0 radical (unpaired) electrons. The van der Waals surface area contributed by atoms with Crippen LogP contribution in [0.2, 0.25) is 0 Å². The molecule has 0 aliphatic carbocycles. The normalized spacial score (nSPS) is 15.2. The summed E-state index contributed by atoms with van der Waals surface area (Å²) in [6, 6.07) is 7.75. The minimum absolute atomic E-state index is 0.599. The minimum atomic E-state index is 0.599. The monoisotopic (exact) mass is 271 g/mol. The molecule has 1 saturated heterocycles. The zero-order valence-corrected chi connectivity index (χ0v) is 11.4. The molecule has 104 valence electrons. The van der Waals surface area contributed by atoms with Gasteiger partial charge in [-0.15, -0.1) is 0 Å². The van der Waals surface area contributed by atoms with Crippen LogP contribution in [0, 0.1) is 0 Å². The molecule has 1 aliphatic heterocycles. The number of hydrogen-bond acceptors (Lipinski definition) is 6. The fraction of sp³-hybridized carbons (Fsp3) is 0.357. The Balaban J connectivity index is 1.66. The van der Waals surface area contributed by atoms with Crippen LogP contribution in [0.15, 0.2) is 36.7 Å². The third-order valence-corrected chi connectivity index (χ3v) is 3.36. The average Bonchev–Trinajstić information content (AvgIpc) is 2.56. The number of ether oxygens (including phenoxy) is 1. The molecule has 0 spiro atoms. The molecule has 0 saturated carbocycles. The molecule has 0 amide bonds. The number of rotatable bonds is 3. The van der Waals surface area contributed by atoms with Gasteiger partial charge in [-0.3, -0.25) is 0 Å². The van der Waals surface area contributed by atoms with E-state index < -0.39 is 0 Å². The van der Waals surface area contributed by atoms with Crippen molar-refractivity contribution in [1.82, 2.24) is 15.0 Å². The van der Waals surface area contributed by atoms with Gasteiger partial charge in [0.05, 0.1) is 7.11 Å². The van der Waals surface area contributed by atoms with Gasteiger partial charge in [-0.2, -0.15) is 4.98 Å². The molecule has 0 N–H and O–H groups in total. The highest BCUT2D eigenvalue weighted by molar-refractivity contribution is 5.42. The Labute approximate surface area is 118 Å². The van der Waals surface area contributed by atoms with Crippen LogP contribution in [-0.2, 0) is 0 Å². The first-order chi connectivity index (χ1) is 9.86. The van der Waals surface area contributed by atoms with Crippen molar-refractivity contribution in [3.05, 3.63) is 36.7 Å². The Morgan fingerprint density at radius 2 is 1.75 bits per heavy atom. The van der Waals surface area contributed by atoms with E-state index in [2.05, 4.69) is 24.8 Å². The SMILES string of the molecule is COc1ccnc(N2CCN(c3ccccn3)CC2)n1. The number of aromatic nitrogens is 3. The highest BCUT2D eigenvalue weighted by Crippen LogP contribution is 2.17. The van der Waals surface area contributed by atoms with Crippen LogP contribution in [0.5, 0.6) is 5.88 Å². The third kappa shape index (κ3) is 2.64. The molecular weight excluding hydrogens is 254 g/mol. The van der Waals surface area contributed by atoms with Gasteiger partial charge in [-0.25, -0.2) is 9.97 Å². The molecule has 6 heteroatoms. The van der Waals surface area contributed by atoms with Crippen LogP contribution < -0.4 is 14.5 Å². The van der Waals surface area contributed by atoms with Gasteiger partial charge in [-0.05, 0) is 12.1 Å². The second kappa shape index (κ2) is 5.73. The zero-order valence-electron chi connectivity index (χ0n) is 11.4. The van der Waals surface area contributed by atoms with Gasteiger partial charge >= 0.3 is 0 Å². The van der Waals surface area contributed by atoms with Crippen LogP contribution in [-0.4, -0.2) is 48.2 Å². The first kappa shape index (κ1) is 12.7. The van der Waals surface area contributed by atoms with Crippen molar-refractivity contribution in [3.8, 4) is 5.88 Å². The Hall–Kier alpha value is -2.37. The number of pyridine rings is 1. The predicted molar refractivity (Wildman–Crippen MR) is 77.2 cm³/mol. The van der Waals surface area contributed by atoms with Crippen LogP contribution in [0.4, 0.5) is 11.8 Å². The van der Waals surface area contributed by atoms with Crippen LogP contribution in [0.1, 0.15) is 0 Å². The molecule has 1 fully saturated rings. The van der Waals surface area contributed by atoms with E-state index in [1.54, 1.807) is 19.4 Å². The Morgan fingerprint density at radius 1 is 0.950 bits per heavy atom. The maximum atomic E-state index is 5.14. The maximum absolute atomic E-state index is 5.14. The van der Waals surface area contributed by atoms with Crippen molar-refractivity contribution >= 4 is 11.8 Å². The molecule has 0 bridgehead atoms. The number of hydrogen-bond donors (Lipinski definition) is 0. The lowest BCUT2D eigenvalue weighted by Crippen LogP contribution is -2.47. The van der Waals surface area contributed by atoms with Crippen molar-refractivity contribution in [3.63, 3.8) is 0 Å². The first-order valence-corrected chi connectivity index (χ1v) is 6.65. The highest BCUT2D eigenvalue weighted by atomic mass is 16.5. The number of nitrogens with zero attached hydrogens (tertiary/aromatic N) is 5. The summed E-state index contributed by atoms with van der Waals surface area (Å²) in [6.07, 6.45) is 3.55. The number of methoxy groups -OCH3 is 1. The van der Waals surface area contributed by atoms with Gasteiger partial charge in [0.15, 0.2) is 0 Å². The summed E-state index contributed by atoms with van der Waals surface area (Å²) in [7, 11) is 1.62. The second-order valence-electron chi connectivity index (χ2n) is 4.56. The summed E-state index contributed by atoms with van der Waals surface area (Å²) in [4.78, 5) is 17.5. The lowest BCUT2D eigenvalue weighted by Gasteiger charge is -2.35. The summed E-state index contributed by atoms with van der Waals surface area (Å²) < 4.78 is 5.14. The molecule has 1 aliphatic rings. The fourth-order valence-corrected chi connectivity index (χ4v) is 2.27. The van der Waals surface area contributed by atoms with Crippen molar-refractivity contribution in [2.24, 2.45) is 0 Å². The molecular formula is C14H17N5O. The number of piperazine rings is 1. The third-order valence-electron chi connectivity index (χ3n) is 3.36. The van der Waals surface area contributed by atoms with E-state index in [0.29, 0.717) is 5.88 Å². The Kier molecular flexibility index (Phi) is 3.62. The van der Waals surface area contributed by atoms with E-state index in [-0.39, 0.29) is 0 Å². The Bertz CT molecular complexity index is 555. The lowest BCUT2D eigenvalue weighted by molar-refractivity contribution is 0.396. The minimum Gasteiger partial charge on any atom is -0.481 e. The van der Waals surface area contributed by atoms with Gasteiger partial charge in [-0.1, -0.05) is 6.07 Å². The zero-order chi connectivity index (χ0) is 13.8.